The van der Waals surface area contributed by atoms with Crippen LogP contribution in [-0.2, 0) is 14.3 Å². The van der Waals surface area contributed by atoms with Crippen molar-refractivity contribution in [2.45, 2.75) is 32.3 Å². The number of nitrogens with zero attached hydrogens (tertiary/aromatic N) is 2. The van der Waals surface area contributed by atoms with Crippen LogP contribution in [0.1, 0.15) is 37.4 Å². The molecule has 208 valence electrons. The standard InChI is InChI=1S/C32H31BN2O6/c1-19-15-25-30(32(38)35(31(25)37)23-6-4-5-22(17-23)33(39)40)26-18-41-28(29(19)26)13-10-21(27-7-2-3-14-34-27)16-20-8-11-24(36)12-9-20/h2-9,11-12,14,16-17,25-26,28,30,36,39-40H,10,13,15,18H2,1H3/b21-16-/t25-,26+,28-,30-/m1/s1. The number of phenolic OH excluding ortho intramolecular Hbond substituents is 1. The first-order valence-electron chi connectivity index (χ1n) is 13.9. The van der Waals surface area contributed by atoms with Crippen LogP contribution in [0.15, 0.2) is 84.1 Å². The van der Waals surface area contributed by atoms with Crippen LogP contribution in [0, 0.1) is 17.8 Å². The molecule has 3 aliphatic rings. The zero-order valence-corrected chi connectivity index (χ0v) is 22.7. The highest BCUT2D eigenvalue weighted by Crippen LogP contribution is 2.50. The van der Waals surface area contributed by atoms with Crippen molar-refractivity contribution < 1.29 is 29.5 Å². The third kappa shape index (κ3) is 5.12. The minimum absolute atomic E-state index is 0.169. The first-order chi connectivity index (χ1) is 19.8. The SMILES string of the molecule is CC1=C2[C@@H](CC/C(=C/c3ccc(O)cc3)c3ccccn3)OC[C@@H]2[C@@H]2C(=O)N(c3cccc(B(O)O)c3)C(=O)[C@@H]2C1. The summed E-state index contributed by atoms with van der Waals surface area (Å²) in [5.41, 5.74) is 5.67. The van der Waals surface area contributed by atoms with Gasteiger partial charge >= 0.3 is 7.12 Å². The lowest BCUT2D eigenvalue weighted by molar-refractivity contribution is -0.122. The molecule has 3 aromatic rings. The number of pyridine rings is 1. The Morgan fingerprint density at radius 1 is 1.05 bits per heavy atom. The van der Waals surface area contributed by atoms with Crippen molar-refractivity contribution in [2.24, 2.45) is 17.8 Å². The smallest absolute Gasteiger partial charge is 0.488 e. The van der Waals surface area contributed by atoms with Crippen LogP contribution < -0.4 is 10.4 Å². The van der Waals surface area contributed by atoms with Gasteiger partial charge in [-0.2, -0.15) is 0 Å². The van der Waals surface area contributed by atoms with Gasteiger partial charge in [-0.15, -0.1) is 0 Å². The van der Waals surface area contributed by atoms with Crippen LogP contribution in [0.5, 0.6) is 5.75 Å². The molecule has 0 unspecified atom stereocenters. The predicted molar refractivity (Wildman–Crippen MR) is 156 cm³/mol. The van der Waals surface area contributed by atoms with Crippen LogP contribution in [-0.4, -0.2) is 51.8 Å². The maximum absolute atomic E-state index is 13.7. The topological polar surface area (TPSA) is 120 Å². The molecule has 8 nitrogen and oxygen atoms in total. The number of hydrogen-bond acceptors (Lipinski definition) is 7. The Morgan fingerprint density at radius 2 is 1.85 bits per heavy atom. The Bertz CT molecular complexity index is 1540. The van der Waals surface area contributed by atoms with Crippen molar-refractivity contribution in [2.75, 3.05) is 11.5 Å². The summed E-state index contributed by atoms with van der Waals surface area (Å²) in [7, 11) is -1.69. The molecule has 2 aromatic carbocycles. The molecule has 6 rings (SSSR count). The van der Waals surface area contributed by atoms with Gasteiger partial charge in [-0.3, -0.25) is 19.5 Å². The summed E-state index contributed by atoms with van der Waals surface area (Å²) in [4.78, 5) is 33.0. The summed E-state index contributed by atoms with van der Waals surface area (Å²) >= 11 is 0. The fourth-order valence-corrected chi connectivity index (χ4v) is 6.59. The Balaban J connectivity index is 1.24. The number of benzene rings is 2. The summed E-state index contributed by atoms with van der Waals surface area (Å²) < 4.78 is 6.32. The van der Waals surface area contributed by atoms with E-state index in [9.17, 15) is 24.7 Å². The van der Waals surface area contributed by atoms with Crippen molar-refractivity contribution in [1.82, 2.24) is 4.98 Å². The predicted octanol–water partition coefficient (Wildman–Crippen LogP) is 3.33. The third-order valence-electron chi connectivity index (χ3n) is 8.48. The minimum atomic E-state index is -1.69. The number of aromatic hydroxyl groups is 1. The molecule has 3 heterocycles. The van der Waals surface area contributed by atoms with Crippen LogP contribution in [0.3, 0.4) is 0 Å². The lowest BCUT2D eigenvalue weighted by Crippen LogP contribution is -2.35. The Morgan fingerprint density at radius 3 is 2.59 bits per heavy atom. The van der Waals surface area contributed by atoms with Gasteiger partial charge in [0.15, 0.2) is 0 Å². The normalized spacial score (nSPS) is 24.1. The number of ether oxygens (including phenoxy) is 1. The van der Waals surface area contributed by atoms with E-state index in [2.05, 4.69) is 11.1 Å². The second-order valence-electron chi connectivity index (χ2n) is 11.0. The van der Waals surface area contributed by atoms with Gasteiger partial charge in [0, 0.05) is 12.1 Å². The highest BCUT2D eigenvalue weighted by Gasteiger charge is 2.56. The van der Waals surface area contributed by atoms with Gasteiger partial charge in [0.1, 0.15) is 5.75 Å². The molecule has 2 fully saturated rings. The zero-order chi connectivity index (χ0) is 28.7. The Labute approximate surface area is 238 Å². The number of anilines is 1. The molecular weight excluding hydrogens is 519 g/mol. The quantitative estimate of drug-likeness (QED) is 0.235. The molecule has 2 aliphatic heterocycles. The number of fused-ring (bicyclic) bond motifs is 3. The number of carbonyl (C=O) groups is 2. The zero-order valence-electron chi connectivity index (χ0n) is 22.7. The van der Waals surface area contributed by atoms with Crippen molar-refractivity contribution in [3.05, 3.63) is 95.3 Å². The number of hydrogen-bond donors (Lipinski definition) is 3. The third-order valence-corrected chi connectivity index (χ3v) is 8.48. The van der Waals surface area contributed by atoms with Crippen LogP contribution in [0.25, 0.3) is 11.6 Å². The molecule has 3 N–H and O–H groups in total. The second-order valence-corrected chi connectivity index (χ2v) is 11.0. The number of phenols is 1. The fourth-order valence-electron chi connectivity index (χ4n) is 6.59. The van der Waals surface area contributed by atoms with E-state index in [1.54, 1.807) is 36.5 Å². The highest BCUT2D eigenvalue weighted by molar-refractivity contribution is 6.58. The van der Waals surface area contributed by atoms with Crippen molar-refractivity contribution in [3.63, 3.8) is 0 Å². The van der Waals surface area contributed by atoms with Crippen molar-refractivity contribution in [1.29, 1.82) is 0 Å². The number of aromatic nitrogens is 1. The van der Waals surface area contributed by atoms with Crippen LogP contribution in [0.2, 0.25) is 0 Å². The molecule has 9 heteroatoms. The minimum Gasteiger partial charge on any atom is -0.508 e. The second kappa shape index (κ2) is 11.1. The van der Waals surface area contributed by atoms with Gasteiger partial charge in [0.05, 0.1) is 35.9 Å². The van der Waals surface area contributed by atoms with E-state index in [1.807, 2.05) is 37.3 Å². The number of allylic oxidation sites excluding steroid dienone is 2. The molecule has 2 saturated heterocycles. The van der Waals surface area contributed by atoms with Crippen molar-refractivity contribution >= 4 is 41.7 Å². The van der Waals surface area contributed by atoms with E-state index < -0.39 is 19.0 Å². The first kappa shape index (κ1) is 27.1. The van der Waals surface area contributed by atoms with Gasteiger partial charge in [0.2, 0.25) is 11.8 Å². The summed E-state index contributed by atoms with van der Waals surface area (Å²) in [6.07, 6.45) is 5.55. The highest BCUT2D eigenvalue weighted by atomic mass is 16.5. The lowest BCUT2D eigenvalue weighted by atomic mass is 9.70. The van der Waals surface area contributed by atoms with Gasteiger partial charge in [-0.25, -0.2) is 0 Å². The molecular formula is C32H31BN2O6. The largest absolute Gasteiger partial charge is 0.508 e. The number of carbonyl (C=O) groups excluding carboxylic acids is 2. The number of amides is 2. The number of rotatable bonds is 7. The Kier molecular flexibility index (Phi) is 7.34. The fraction of sp³-hybridized carbons (Fsp3) is 0.281. The lowest BCUT2D eigenvalue weighted by Gasteiger charge is -2.30. The summed E-state index contributed by atoms with van der Waals surface area (Å²) in [5, 5.41) is 28.9. The molecule has 4 atom stereocenters. The molecule has 2 amide bonds. The van der Waals surface area contributed by atoms with Crippen molar-refractivity contribution in [3.8, 4) is 5.75 Å². The summed E-state index contributed by atoms with van der Waals surface area (Å²) in [5.74, 6) is -1.43. The molecule has 41 heavy (non-hydrogen) atoms. The van der Waals surface area contributed by atoms with E-state index in [0.29, 0.717) is 31.6 Å². The molecule has 1 aliphatic carbocycles. The van der Waals surface area contributed by atoms with Gasteiger partial charge in [0.25, 0.3) is 0 Å². The van der Waals surface area contributed by atoms with Gasteiger partial charge in [-0.05, 0) is 90.8 Å². The first-order valence-corrected chi connectivity index (χ1v) is 13.9. The number of imide groups is 1. The maximum atomic E-state index is 13.7. The summed E-state index contributed by atoms with van der Waals surface area (Å²) in [6.45, 7) is 2.41. The average molecular weight is 550 g/mol. The van der Waals surface area contributed by atoms with Gasteiger partial charge in [-0.1, -0.05) is 35.9 Å². The van der Waals surface area contributed by atoms with E-state index in [-0.39, 0.29) is 35.0 Å². The Hall–Kier alpha value is -4.05. The molecule has 1 aromatic heterocycles. The van der Waals surface area contributed by atoms with Crippen LogP contribution in [0.4, 0.5) is 5.69 Å². The average Bonchev–Trinajstić information content (AvgIpc) is 3.51. The molecule has 0 spiro atoms. The molecule has 0 saturated carbocycles. The van der Waals surface area contributed by atoms with E-state index in [0.717, 1.165) is 28.0 Å². The van der Waals surface area contributed by atoms with Crippen LogP contribution >= 0.6 is 0 Å². The van der Waals surface area contributed by atoms with E-state index in [4.69, 9.17) is 4.74 Å². The summed E-state index contributed by atoms with van der Waals surface area (Å²) in [6, 6.07) is 19.1. The maximum Gasteiger partial charge on any atom is 0.488 e. The van der Waals surface area contributed by atoms with E-state index >= 15 is 0 Å². The van der Waals surface area contributed by atoms with Gasteiger partial charge < -0.3 is 19.9 Å². The van der Waals surface area contributed by atoms with E-state index in [1.165, 1.54) is 11.0 Å². The monoisotopic (exact) mass is 550 g/mol. The molecule has 0 bridgehead atoms. The molecule has 0 radical (unpaired) electrons.